The molecule has 1 radical (unpaired) electrons. The molecule has 0 fully saturated rings. The summed E-state index contributed by atoms with van der Waals surface area (Å²) >= 11 is 0. The number of fused-ring (bicyclic) bond motifs is 3. The van der Waals surface area contributed by atoms with Crippen LogP contribution in [-0.2, 0) is 19.3 Å². The molecule has 0 spiro atoms. The molecule has 0 bridgehead atoms. The molecule has 0 amide bonds. The van der Waals surface area contributed by atoms with E-state index in [4.69, 9.17) is 0 Å². The van der Waals surface area contributed by atoms with Gasteiger partial charge in [0.05, 0.1) is 0 Å². The number of benzene rings is 4. The van der Waals surface area contributed by atoms with Crippen LogP contribution in [0.2, 0.25) is 0 Å². The van der Waals surface area contributed by atoms with Gasteiger partial charge in [-0.25, -0.2) is 0 Å². The Labute approximate surface area is 173 Å². The third-order valence-corrected chi connectivity index (χ3v) is 6.19. The van der Waals surface area contributed by atoms with Gasteiger partial charge < -0.3 is 0 Å². The van der Waals surface area contributed by atoms with Crippen molar-refractivity contribution in [2.75, 3.05) is 0 Å². The first kappa shape index (κ1) is 17.9. The zero-order valence-electron chi connectivity index (χ0n) is 17.1. The molecule has 4 aromatic rings. The van der Waals surface area contributed by atoms with Gasteiger partial charge in [0.25, 0.3) is 0 Å². The molecular weight excluding hydrogens is 348 g/mol. The third kappa shape index (κ3) is 3.09. The molecule has 5 rings (SSSR count). The summed E-state index contributed by atoms with van der Waals surface area (Å²) in [5, 5.41) is 0. The summed E-state index contributed by atoms with van der Waals surface area (Å²) in [5.41, 5.74) is 13.4. The van der Waals surface area contributed by atoms with Crippen LogP contribution >= 0.6 is 0 Å². The first-order valence-electron chi connectivity index (χ1n) is 10.6. The van der Waals surface area contributed by atoms with Gasteiger partial charge in [0, 0.05) is 0 Å². The van der Waals surface area contributed by atoms with Crippen LogP contribution < -0.4 is 0 Å². The van der Waals surface area contributed by atoms with Gasteiger partial charge in [-0.05, 0) is 81.0 Å². The van der Waals surface area contributed by atoms with Gasteiger partial charge in [0.2, 0.25) is 0 Å². The smallest absolute Gasteiger partial charge is 0.000684 e. The minimum absolute atomic E-state index is 0.967. The summed E-state index contributed by atoms with van der Waals surface area (Å²) in [7, 11) is 0. The van der Waals surface area contributed by atoms with Gasteiger partial charge in [-0.15, -0.1) is 0 Å². The lowest BCUT2D eigenvalue weighted by atomic mass is 9.94. The maximum Gasteiger partial charge on any atom is -0.000684 e. The Bertz CT molecular complexity index is 1100. The molecule has 0 saturated heterocycles. The van der Waals surface area contributed by atoms with E-state index in [0.29, 0.717) is 0 Å². The highest BCUT2D eigenvalue weighted by Gasteiger charge is 2.20. The van der Waals surface area contributed by atoms with E-state index in [0.717, 1.165) is 19.3 Å². The van der Waals surface area contributed by atoms with Gasteiger partial charge >= 0.3 is 0 Å². The highest BCUT2D eigenvalue weighted by atomic mass is 14.2. The standard InChI is InChI=1S/C29H25/c1-3-20-9-5-7-11-26(20)22-13-15-28-24(17-22)19-25-18-23(14-16-29(25)28)27-12-8-6-10-21(27)4-2/h5-17H,3-4,19H2,1-2H3. The molecule has 1 aliphatic carbocycles. The Morgan fingerprint density at radius 1 is 0.655 bits per heavy atom. The Morgan fingerprint density at radius 2 is 1.31 bits per heavy atom. The van der Waals surface area contributed by atoms with E-state index in [2.05, 4.69) is 98.8 Å². The fourth-order valence-electron chi connectivity index (χ4n) is 4.65. The van der Waals surface area contributed by atoms with Crippen molar-refractivity contribution in [2.45, 2.75) is 33.1 Å². The molecule has 29 heavy (non-hydrogen) atoms. The summed E-state index contributed by atoms with van der Waals surface area (Å²) in [5.74, 6) is 0. The highest BCUT2D eigenvalue weighted by Crippen LogP contribution is 2.40. The molecule has 0 saturated carbocycles. The second-order valence-corrected chi connectivity index (χ2v) is 7.83. The zero-order chi connectivity index (χ0) is 19.8. The van der Waals surface area contributed by atoms with E-state index in [1.54, 1.807) is 0 Å². The minimum Gasteiger partial charge on any atom is -0.0620 e. The van der Waals surface area contributed by atoms with Crippen molar-refractivity contribution in [3.63, 3.8) is 0 Å². The summed E-state index contributed by atoms with van der Waals surface area (Å²) < 4.78 is 0. The van der Waals surface area contributed by atoms with Crippen LogP contribution in [-0.4, -0.2) is 0 Å². The lowest BCUT2D eigenvalue weighted by Gasteiger charge is -2.10. The van der Waals surface area contributed by atoms with Crippen molar-refractivity contribution < 1.29 is 0 Å². The molecule has 4 aromatic carbocycles. The van der Waals surface area contributed by atoms with Crippen LogP contribution in [0.5, 0.6) is 0 Å². The van der Waals surface area contributed by atoms with E-state index in [1.165, 1.54) is 55.6 Å². The second kappa shape index (κ2) is 7.37. The van der Waals surface area contributed by atoms with Crippen molar-refractivity contribution >= 4 is 0 Å². The fraction of sp³-hybridized carbons (Fsp3) is 0.172. The third-order valence-electron chi connectivity index (χ3n) is 6.19. The van der Waals surface area contributed by atoms with E-state index >= 15 is 0 Å². The molecule has 0 heteroatoms. The van der Waals surface area contributed by atoms with Crippen LogP contribution in [0.15, 0.2) is 78.9 Å². The fourth-order valence-corrected chi connectivity index (χ4v) is 4.65. The van der Waals surface area contributed by atoms with Crippen molar-refractivity contribution in [3.8, 4) is 33.4 Å². The van der Waals surface area contributed by atoms with E-state index in [9.17, 15) is 0 Å². The van der Waals surface area contributed by atoms with Gasteiger partial charge in [-0.2, -0.15) is 0 Å². The van der Waals surface area contributed by atoms with Gasteiger partial charge in [0.15, 0.2) is 0 Å². The lowest BCUT2D eigenvalue weighted by Crippen LogP contribution is -1.89. The summed E-state index contributed by atoms with van der Waals surface area (Å²) in [6.45, 7) is 4.45. The first-order chi connectivity index (χ1) is 14.3. The van der Waals surface area contributed by atoms with Crippen molar-refractivity contribution in [1.29, 1.82) is 0 Å². The zero-order valence-corrected chi connectivity index (χ0v) is 17.1. The number of rotatable bonds is 4. The largest absolute Gasteiger partial charge is 0.0620 e. The Hall–Kier alpha value is -3.12. The van der Waals surface area contributed by atoms with Crippen LogP contribution in [0.4, 0.5) is 0 Å². The van der Waals surface area contributed by atoms with Crippen LogP contribution in [0.3, 0.4) is 0 Å². The van der Waals surface area contributed by atoms with Crippen molar-refractivity contribution in [3.05, 3.63) is 107 Å². The summed E-state index contributed by atoms with van der Waals surface area (Å²) in [4.78, 5) is 0. The molecule has 0 N–H and O–H groups in total. The highest BCUT2D eigenvalue weighted by molar-refractivity contribution is 5.83. The number of aryl methyl sites for hydroxylation is 2. The maximum atomic E-state index is 3.74. The van der Waals surface area contributed by atoms with Crippen LogP contribution in [0.25, 0.3) is 33.4 Å². The number of hydrogen-bond acceptors (Lipinski definition) is 0. The SMILES string of the molecule is CCc1ccccc1-c1[c]c2c(cc1)-c1ccc(-c3ccccc3CC)cc1C2. The monoisotopic (exact) mass is 373 g/mol. The van der Waals surface area contributed by atoms with Crippen molar-refractivity contribution in [1.82, 2.24) is 0 Å². The molecule has 1 aliphatic rings. The quantitative estimate of drug-likeness (QED) is 0.306. The molecule has 0 aliphatic heterocycles. The van der Waals surface area contributed by atoms with Crippen LogP contribution in [0.1, 0.15) is 36.1 Å². The van der Waals surface area contributed by atoms with E-state index < -0.39 is 0 Å². The van der Waals surface area contributed by atoms with E-state index in [1.807, 2.05) is 0 Å². The summed E-state index contributed by atoms with van der Waals surface area (Å²) in [6, 6.07) is 32.7. The first-order valence-corrected chi connectivity index (χ1v) is 10.6. The average molecular weight is 374 g/mol. The predicted molar refractivity (Wildman–Crippen MR) is 123 cm³/mol. The van der Waals surface area contributed by atoms with E-state index in [-0.39, 0.29) is 0 Å². The van der Waals surface area contributed by atoms with Gasteiger partial charge in [0.1, 0.15) is 0 Å². The Balaban J connectivity index is 1.54. The van der Waals surface area contributed by atoms with Gasteiger partial charge in [-0.1, -0.05) is 92.7 Å². The molecule has 0 unspecified atom stereocenters. The average Bonchev–Trinajstić information content (AvgIpc) is 3.15. The topological polar surface area (TPSA) is 0 Å². The molecule has 0 heterocycles. The lowest BCUT2D eigenvalue weighted by molar-refractivity contribution is 1.14. The maximum absolute atomic E-state index is 3.74. The Kier molecular flexibility index (Phi) is 4.56. The molecular formula is C29H25. The summed E-state index contributed by atoms with van der Waals surface area (Å²) in [6.07, 6.45) is 3.07. The predicted octanol–water partition coefficient (Wildman–Crippen LogP) is 7.52. The molecule has 0 nitrogen and oxygen atoms in total. The second-order valence-electron chi connectivity index (χ2n) is 7.83. The number of hydrogen-bond donors (Lipinski definition) is 0. The van der Waals surface area contributed by atoms with Crippen LogP contribution in [0, 0.1) is 6.07 Å². The molecule has 0 atom stereocenters. The molecule has 0 aromatic heterocycles. The normalized spacial score (nSPS) is 11.9. The van der Waals surface area contributed by atoms with Crippen molar-refractivity contribution in [2.24, 2.45) is 0 Å². The Morgan fingerprint density at radius 3 is 2.07 bits per heavy atom. The van der Waals surface area contributed by atoms with Gasteiger partial charge in [-0.3, -0.25) is 0 Å². The minimum atomic E-state index is 0.967. The molecule has 141 valence electrons.